The molecule has 0 fully saturated rings. The molecule has 0 radical (unpaired) electrons. The monoisotopic (exact) mass is 422 g/mol. The Balaban J connectivity index is 1.79. The molecule has 156 valence electrons. The maximum atomic E-state index is 13.4. The molecule has 5 nitrogen and oxygen atoms in total. The maximum Gasteiger partial charge on any atom is 0.266 e. The summed E-state index contributed by atoms with van der Waals surface area (Å²) in [6.45, 7) is 4.08. The van der Waals surface area contributed by atoms with E-state index in [-0.39, 0.29) is 23.8 Å². The standard InChI is InChI=1S/C24H26N2O3S/c1-3-26(21-9-5-4-6-10-21)30(28,29)23-12-8-7-11-22(23)25-24(27)18-17-20-15-13-19(2)14-16-20/h4-16H,3,17-18H2,1-2H3,(H,25,27). The summed E-state index contributed by atoms with van der Waals surface area (Å²) in [7, 11) is -3.83. The molecule has 3 aromatic rings. The summed E-state index contributed by atoms with van der Waals surface area (Å²) < 4.78 is 28.0. The normalized spacial score (nSPS) is 11.1. The lowest BCUT2D eigenvalue weighted by molar-refractivity contribution is -0.116. The highest BCUT2D eigenvalue weighted by molar-refractivity contribution is 7.93. The number of rotatable bonds is 8. The van der Waals surface area contributed by atoms with Crippen LogP contribution in [0.25, 0.3) is 0 Å². The number of amides is 1. The lowest BCUT2D eigenvalue weighted by atomic mass is 10.1. The van der Waals surface area contributed by atoms with Crippen LogP contribution in [0, 0.1) is 6.92 Å². The molecule has 1 amide bonds. The van der Waals surface area contributed by atoms with Crippen LogP contribution in [0.15, 0.2) is 83.8 Å². The molecule has 0 aliphatic rings. The molecule has 0 bridgehead atoms. The number of aryl methyl sites for hydroxylation is 2. The second-order valence-electron chi connectivity index (χ2n) is 7.04. The molecule has 0 aromatic heterocycles. The molecule has 0 aliphatic carbocycles. The van der Waals surface area contributed by atoms with Gasteiger partial charge in [0.05, 0.1) is 11.4 Å². The largest absolute Gasteiger partial charge is 0.325 e. The fourth-order valence-electron chi connectivity index (χ4n) is 3.22. The van der Waals surface area contributed by atoms with Crippen molar-refractivity contribution < 1.29 is 13.2 Å². The van der Waals surface area contributed by atoms with Crippen molar-refractivity contribution in [1.82, 2.24) is 0 Å². The average molecular weight is 423 g/mol. The Hall–Kier alpha value is -3.12. The topological polar surface area (TPSA) is 66.5 Å². The number of hydrogen-bond acceptors (Lipinski definition) is 3. The van der Waals surface area contributed by atoms with E-state index in [4.69, 9.17) is 0 Å². The molecule has 0 atom stereocenters. The number of para-hydroxylation sites is 2. The Labute approximate surface area is 178 Å². The second kappa shape index (κ2) is 9.59. The molecule has 0 saturated heterocycles. The minimum absolute atomic E-state index is 0.0828. The van der Waals surface area contributed by atoms with E-state index < -0.39 is 10.0 Å². The zero-order chi connectivity index (χ0) is 21.6. The molecule has 0 saturated carbocycles. The van der Waals surface area contributed by atoms with E-state index in [1.54, 1.807) is 49.4 Å². The lowest BCUT2D eigenvalue weighted by Crippen LogP contribution is -2.31. The predicted molar refractivity (Wildman–Crippen MR) is 121 cm³/mol. The predicted octanol–water partition coefficient (Wildman–Crippen LogP) is 4.78. The van der Waals surface area contributed by atoms with Gasteiger partial charge in [-0.2, -0.15) is 0 Å². The molecule has 0 aliphatic heterocycles. The van der Waals surface area contributed by atoms with E-state index in [0.29, 0.717) is 17.8 Å². The Kier molecular flexibility index (Phi) is 6.90. The van der Waals surface area contributed by atoms with Crippen molar-refractivity contribution in [3.05, 3.63) is 90.0 Å². The van der Waals surface area contributed by atoms with Gasteiger partial charge in [0, 0.05) is 13.0 Å². The smallest absolute Gasteiger partial charge is 0.266 e. The first-order valence-corrected chi connectivity index (χ1v) is 11.4. The van der Waals surface area contributed by atoms with Gasteiger partial charge in [-0.1, -0.05) is 60.2 Å². The van der Waals surface area contributed by atoms with Crippen LogP contribution < -0.4 is 9.62 Å². The van der Waals surface area contributed by atoms with Gasteiger partial charge in [0.1, 0.15) is 4.90 Å². The van der Waals surface area contributed by atoms with Gasteiger partial charge in [0.2, 0.25) is 5.91 Å². The van der Waals surface area contributed by atoms with Gasteiger partial charge in [0.25, 0.3) is 10.0 Å². The van der Waals surface area contributed by atoms with Crippen molar-refractivity contribution in [2.24, 2.45) is 0 Å². The minimum atomic E-state index is -3.83. The Morgan fingerprint density at radius 2 is 1.53 bits per heavy atom. The number of carbonyl (C=O) groups excluding carboxylic acids is 1. The van der Waals surface area contributed by atoms with Crippen LogP contribution in [0.5, 0.6) is 0 Å². The number of hydrogen-bond donors (Lipinski definition) is 1. The molecule has 6 heteroatoms. The summed E-state index contributed by atoms with van der Waals surface area (Å²) in [4.78, 5) is 12.6. The zero-order valence-electron chi connectivity index (χ0n) is 17.2. The molecule has 3 aromatic carbocycles. The van der Waals surface area contributed by atoms with Crippen LogP contribution in [0.4, 0.5) is 11.4 Å². The molecule has 0 heterocycles. The number of sulfonamides is 1. The number of anilines is 2. The first-order chi connectivity index (χ1) is 14.4. The van der Waals surface area contributed by atoms with Crippen molar-refractivity contribution >= 4 is 27.3 Å². The van der Waals surface area contributed by atoms with E-state index in [9.17, 15) is 13.2 Å². The third-order valence-electron chi connectivity index (χ3n) is 4.82. The second-order valence-corrected chi connectivity index (χ2v) is 8.87. The highest BCUT2D eigenvalue weighted by Crippen LogP contribution is 2.28. The fraction of sp³-hybridized carbons (Fsp3) is 0.208. The summed E-state index contributed by atoms with van der Waals surface area (Å²) in [6, 6.07) is 23.5. The van der Waals surface area contributed by atoms with Crippen LogP contribution in [0.3, 0.4) is 0 Å². The van der Waals surface area contributed by atoms with Crippen LogP contribution in [-0.4, -0.2) is 20.9 Å². The van der Waals surface area contributed by atoms with Crippen LogP contribution in [0.1, 0.15) is 24.5 Å². The third kappa shape index (κ3) is 5.07. The van der Waals surface area contributed by atoms with Gasteiger partial charge in [-0.05, 0) is 50.1 Å². The van der Waals surface area contributed by atoms with E-state index in [0.717, 1.165) is 5.56 Å². The number of nitrogens with one attached hydrogen (secondary N) is 1. The Morgan fingerprint density at radius 1 is 0.900 bits per heavy atom. The van der Waals surface area contributed by atoms with E-state index in [2.05, 4.69) is 5.32 Å². The first-order valence-electron chi connectivity index (χ1n) is 9.94. The van der Waals surface area contributed by atoms with Crippen LogP contribution in [-0.2, 0) is 21.2 Å². The van der Waals surface area contributed by atoms with Crippen molar-refractivity contribution in [3.63, 3.8) is 0 Å². The van der Waals surface area contributed by atoms with Gasteiger partial charge in [-0.25, -0.2) is 8.42 Å². The molecular formula is C24H26N2O3S. The van der Waals surface area contributed by atoms with Crippen molar-refractivity contribution in [3.8, 4) is 0 Å². The zero-order valence-corrected chi connectivity index (χ0v) is 18.0. The van der Waals surface area contributed by atoms with Crippen LogP contribution in [0.2, 0.25) is 0 Å². The SMILES string of the molecule is CCN(c1ccccc1)S(=O)(=O)c1ccccc1NC(=O)CCc1ccc(C)cc1. The lowest BCUT2D eigenvalue weighted by Gasteiger charge is -2.24. The molecule has 0 unspecified atom stereocenters. The highest BCUT2D eigenvalue weighted by atomic mass is 32.2. The summed E-state index contributed by atoms with van der Waals surface area (Å²) >= 11 is 0. The number of benzene rings is 3. The van der Waals surface area contributed by atoms with Gasteiger partial charge in [-0.3, -0.25) is 9.10 Å². The molecule has 1 N–H and O–H groups in total. The summed E-state index contributed by atoms with van der Waals surface area (Å²) in [5, 5.41) is 2.78. The van der Waals surface area contributed by atoms with Gasteiger partial charge in [0.15, 0.2) is 0 Å². The Morgan fingerprint density at radius 3 is 2.20 bits per heavy atom. The number of carbonyl (C=O) groups is 1. The van der Waals surface area contributed by atoms with Crippen molar-refractivity contribution in [2.45, 2.75) is 31.6 Å². The summed E-state index contributed by atoms with van der Waals surface area (Å²) in [5.74, 6) is -0.221. The summed E-state index contributed by atoms with van der Waals surface area (Å²) in [6.07, 6.45) is 0.861. The van der Waals surface area contributed by atoms with Crippen LogP contribution >= 0.6 is 0 Å². The maximum absolute atomic E-state index is 13.4. The summed E-state index contributed by atoms with van der Waals surface area (Å²) in [5.41, 5.74) is 3.11. The van der Waals surface area contributed by atoms with Crippen molar-refractivity contribution in [2.75, 3.05) is 16.2 Å². The Bertz CT molecular complexity index is 1090. The fourth-order valence-corrected chi connectivity index (χ4v) is 4.85. The van der Waals surface area contributed by atoms with E-state index in [1.165, 1.54) is 15.9 Å². The molecule has 0 spiro atoms. The molecule has 30 heavy (non-hydrogen) atoms. The molecular weight excluding hydrogens is 396 g/mol. The van der Waals surface area contributed by atoms with Crippen molar-refractivity contribution in [1.29, 1.82) is 0 Å². The molecule has 3 rings (SSSR count). The average Bonchev–Trinajstić information content (AvgIpc) is 2.75. The third-order valence-corrected chi connectivity index (χ3v) is 6.78. The van der Waals surface area contributed by atoms with Gasteiger partial charge in [-0.15, -0.1) is 0 Å². The van der Waals surface area contributed by atoms with Gasteiger partial charge < -0.3 is 5.32 Å². The number of nitrogens with zero attached hydrogens (tertiary/aromatic N) is 1. The van der Waals surface area contributed by atoms with E-state index in [1.807, 2.05) is 37.3 Å². The van der Waals surface area contributed by atoms with E-state index >= 15 is 0 Å². The quantitative estimate of drug-likeness (QED) is 0.568. The van der Waals surface area contributed by atoms with Gasteiger partial charge >= 0.3 is 0 Å². The minimum Gasteiger partial charge on any atom is -0.325 e. The highest BCUT2D eigenvalue weighted by Gasteiger charge is 2.26. The first kappa shape index (κ1) is 21.6.